The van der Waals surface area contributed by atoms with Crippen LogP contribution in [0.4, 0.5) is 10.1 Å². The van der Waals surface area contributed by atoms with Gasteiger partial charge in [0.05, 0.1) is 12.1 Å². The molecule has 1 aliphatic rings. The molecule has 2 aromatic carbocycles. The summed E-state index contributed by atoms with van der Waals surface area (Å²) in [6, 6.07) is 12.7. The van der Waals surface area contributed by atoms with Crippen LogP contribution >= 0.6 is 11.6 Å². The van der Waals surface area contributed by atoms with Gasteiger partial charge in [-0.25, -0.2) is 9.82 Å². The first kappa shape index (κ1) is 17.1. The highest BCUT2D eigenvalue weighted by atomic mass is 35.5. The number of anilines is 1. The molecule has 1 atom stereocenters. The molecule has 2 amide bonds. The van der Waals surface area contributed by atoms with Gasteiger partial charge in [0, 0.05) is 23.7 Å². The van der Waals surface area contributed by atoms with Gasteiger partial charge in [0.2, 0.25) is 11.8 Å². The van der Waals surface area contributed by atoms with Crippen molar-refractivity contribution in [2.75, 3.05) is 11.4 Å². The summed E-state index contributed by atoms with van der Waals surface area (Å²) in [7, 11) is 0. The second kappa shape index (κ2) is 7.44. The zero-order valence-corrected chi connectivity index (χ0v) is 13.9. The van der Waals surface area contributed by atoms with Gasteiger partial charge in [-0.3, -0.25) is 9.59 Å². The Hall–Kier alpha value is -2.73. The second-order valence-corrected chi connectivity index (χ2v) is 6.11. The van der Waals surface area contributed by atoms with Gasteiger partial charge in [-0.05, 0) is 35.9 Å². The minimum atomic E-state index is -0.530. The van der Waals surface area contributed by atoms with Crippen LogP contribution in [0.5, 0.6) is 0 Å². The first-order valence-electron chi connectivity index (χ1n) is 7.67. The van der Waals surface area contributed by atoms with Crippen LogP contribution in [0.2, 0.25) is 5.02 Å². The predicted octanol–water partition coefficient (Wildman–Crippen LogP) is 2.98. The summed E-state index contributed by atoms with van der Waals surface area (Å²) in [6.45, 7) is 0.199. The average molecular weight is 360 g/mol. The van der Waals surface area contributed by atoms with Gasteiger partial charge in [-0.1, -0.05) is 29.8 Å². The molecule has 128 valence electrons. The highest BCUT2D eigenvalue weighted by molar-refractivity contribution is 6.30. The van der Waals surface area contributed by atoms with Crippen LogP contribution in [0.15, 0.2) is 53.6 Å². The Bertz CT molecular complexity index is 823. The topological polar surface area (TPSA) is 61.8 Å². The van der Waals surface area contributed by atoms with Crippen molar-refractivity contribution in [3.63, 3.8) is 0 Å². The Morgan fingerprint density at radius 2 is 2.04 bits per heavy atom. The fourth-order valence-corrected chi connectivity index (χ4v) is 2.71. The maximum absolute atomic E-state index is 13.3. The van der Waals surface area contributed by atoms with Crippen molar-refractivity contribution in [2.45, 2.75) is 6.42 Å². The molecule has 0 aromatic heterocycles. The number of nitrogens with one attached hydrogen (secondary N) is 1. The molecule has 7 heteroatoms. The Morgan fingerprint density at radius 3 is 2.76 bits per heavy atom. The third kappa shape index (κ3) is 4.22. The number of hydrogen-bond donors (Lipinski definition) is 1. The first-order chi connectivity index (χ1) is 12.0. The molecule has 1 heterocycles. The van der Waals surface area contributed by atoms with Crippen molar-refractivity contribution in [1.82, 2.24) is 5.43 Å². The summed E-state index contributed by atoms with van der Waals surface area (Å²) in [5, 5.41) is 4.51. The molecule has 0 bridgehead atoms. The number of amides is 2. The molecule has 25 heavy (non-hydrogen) atoms. The third-order valence-corrected chi connectivity index (χ3v) is 4.13. The summed E-state index contributed by atoms with van der Waals surface area (Å²) in [5.41, 5.74) is 3.67. The van der Waals surface area contributed by atoms with Crippen LogP contribution in [-0.4, -0.2) is 24.6 Å². The van der Waals surface area contributed by atoms with E-state index in [9.17, 15) is 14.0 Å². The molecule has 0 spiro atoms. The lowest BCUT2D eigenvalue weighted by Gasteiger charge is -2.16. The maximum atomic E-state index is 13.3. The molecular weight excluding hydrogens is 345 g/mol. The molecular formula is C18H15ClFN3O2. The van der Waals surface area contributed by atoms with E-state index in [1.54, 1.807) is 30.3 Å². The minimum absolute atomic E-state index is 0.0683. The average Bonchev–Trinajstić information content (AvgIpc) is 2.98. The number of carbonyl (C=O) groups excluding carboxylic acids is 2. The van der Waals surface area contributed by atoms with Crippen molar-refractivity contribution >= 4 is 35.3 Å². The zero-order valence-electron chi connectivity index (χ0n) is 13.2. The standard InChI is InChI=1S/C18H15ClFN3O2/c19-14-6-4-12(5-7-14)10-21-22-18(25)13-8-17(24)23(11-13)16-3-1-2-15(20)9-16/h1-7,9-10,13H,8,11H2,(H,22,25). The lowest BCUT2D eigenvalue weighted by Crippen LogP contribution is -2.30. The van der Waals surface area contributed by atoms with E-state index in [1.807, 2.05) is 0 Å². The molecule has 3 rings (SSSR count). The van der Waals surface area contributed by atoms with Crippen LogP contribution in [0, 0.1) is 11.7 Å². The summed E-state index contributed by atoms with van der Waals surface area (Å²) < 4.78 is 13.3. The van der Waals surface area contributed by atoms with E-state index < -0.39 is 11.7 Å². The lowest BCUT2D eigenvalue weighted by molar-refractivity contribution is -0.126. The van der Waals surface area contributed by atoms with Crippen LogP contribution in [0.3, 0.4) is 0 Å². The van der Waals surface area contributed by atoms with Crippen LogP contribution in [-0.2, 0) is 9.59 Å². The van der Waals surface area contributed by atoms with Crippen molar-refractivity contribution in [2.24, 2.45) is 11.0 Å². The maximum Gasteiger partial charge on any atom is 0.245 e. The number of hydrazone groups is 1. The van der Waals surface area contributed by atoms with Crippen molar-refractivity contribution in [3.8, 4) is 0 Å². The van der Waals surface area contributed by atoms with Crippen LogP contribution < -0.4 is 10.3 Å². The van der Waals surface area contributed by atoms with E-state index in [-0.39, 0.29) is 24.8 Å². The fourth-order valence-electron chi connectivity index (χ4n) is 2.59. The molecule has 0 radical (unpaired) electrons. The van der Waals surface area contributed by atoms with E-state index >= 15 is 0 Å². The SMILES string of the molecule is O=C(NN=Cc1ccc(Cl)cc1)C1CC(=O)N(c2cccc(F)c2)C1. The zero-order chi connectivity index (χ0) is 17.8. The Kier molecular flexibility index (Phi) is 5.09. The van der Waals surface area contributed by atoms with Gasteiger partial charge < -0.3 is 4.90 Å². The largest absolute Gasteiger partial charge is 0.311 e. The highest BCUT2D eigenvalue weighted by Crippen LogP contribution is 2.25. The molecule has 0 saturated carbocycles. The Labute approximate surface area is 149 Å². The lowest BCUT2D eigenvalue weighted by atomic mass is 10.1. The smallest absolute Gasteiger partial charge is 0.245 e. The summed E-state index contributed by atoms with van der Waals surface area (Å²) in [6.07, 6.45) is 1.56. The molecule has 0 aliphatic carbocycles. The normalized spacial score (nSPS) is 17.3. The number of rotatable bonds is 4. The number of carbonyl (C=O) groups is 2. The molecule has 5 nitrogen and oxygen atoms in total. The summed E-state index contributed by atoms with van der Waals surface area (Å²) in [5.74, 6) is -1.52. The molecule has 2 aromatic rings. The quantitative estimate of drug-likeness (QED) is 0.674. The Morgan fingerprint density at radius 1 is 1.28 bits per heavy atom. The minimum Gasteiger partial charge on any atom is -0.311 e. The predicted molar refractivity (Wildman–Crippen MR) is 94.0 cm³/mol. The van der Waals surface area contributed by atoms with Crippen LogP contribution in [0.25, 0.3) is 0 Å². The number of hydrogen-bond acceptors (Lipinski definition) is 3. The summed E-state index contributed by atoms with van der Waals surface area (Å²) >= 11 is 5.80. The van der Waals surface area contributed by atoms with Gasteiger partial charge in [0.15, 0.2) is 0 Å². The molecule has 1 N–H and O–H groups in total. The van der Waals surface area contributed by atoms with Crippen LogP contribution in [0.1, 0.15) is 12.0 Å². The highest BCUT2D eigenvalue weighted by Gasteiger charge is 2.35. The van der Waals surface area contributed by atoms with E-state index in [2.05, 4.69) is 10.5 Å². The molecule has 1 fully saturated rings. The third-order valence-electron chi connectivity index (χ3n) is 3.87. The molecule has 1 saturated heterocycles. The first-order valence-corrected chi connectivity index (χ1v) is 8.05. The van der Waals surface area contributed by atoms with E-state index in [1.165, 1.54) is 29.3 Å². The number of halogens is 2. The monoisotopic (exact) mass is 359 g/mol. The number of nitrogens with zero attached hydrogens (tertiary/aromatic N) is 2. The van der Waals surface area contributed by atoms with Crippen molar-refractivity contribution in [1.29, 1.82) is 0 Å². The van der Waals surface area contributed by atoms with E-state index in [0.717, 1.165) is 5.56 Å². The second-order valence-electron chi connectivity index (χ2n) is 5.67. The van der Waals surface area contributed by atoms with Gasteiger partial charge in [-0.15, -0.1) is 0 Å². The van der Waals surface area contributed by atoms with Gasteiger partial charge >= 0.3 is 0 Å². The van der Waals surface area contributed by atoms with Gasteiger partial charge in [0.25, 0.3) is 0 Å². The van der Waals surface area contributed by atoms with Gasteiger partial charge in [-0.2, -0.15) is 5.10 Å². The van der Waals surface area contributed by atoms with Crippen molar-refractivity contribution in [3.05, 3.63) is 64.9 Å². The number of benzene rings is 2. The molecule has 1 unspecified atom stereocenters. The Balaban J connectivity index is 1.60. The van der Waals surface area contributed by atoms with Crippen molar-refractivity contribution < 1.29 is 14.0 Å². The summed E-state index contributed by atoms with van der Waals surface area (Å²) in [4.78, 5) is 25.7. The van der Waals surface area contributed by atoms with Gasteiger partial charge in [0.1, 0.15) is 5.82 Å². The van der Waals surface area contributed by atoms with E-state index in [0.29, 0.717) is 10.7 Å². The van der Waals surface area contributed by atoms with E-state index in [4.69, 9.17) is 11.6 Å². The fraction of sp³-hybridized carbons (Fsp3) is 0.167. The molecule has 1 aliphatic heterocycles.